The lowest BCUT2D eigenvalue weighted by Crippen LogP contribution is -2.12. The Bertz CT molecular complexity index is 625. The van der Waals surface area contributed by atoms with Gasteiger partial charge in [-0.2, -0.15) is 0 Å². The highest BCUT2D eigenvalue weighted by Crippen LogP contribution is 2.28. The van der Waals surface area contributed by atoms with E-state index in [0.717, 1.165) is 0 Å². The average molecular weight is 291 g/mol. The Morgan fingerprint density at radius 2 is 2.20 bits per heavy atom. The van der Waals surface area contributed by atoms with Crippen molar-refractivity contribution in [1.82, 2.24) is 9.97 Å². The molecule has 2 aromatic heterocycles. The van der Waals surface area contributed by atoms with Crippen LogP contribution in [0.5, 0.6) is 0 Å². The van der Waals surface area contributed by atoms with E-state index in [4.69, 9.17) is 0 Å². The summed E-state index contributed by atoms with van der Waals surface area (Å²) in [5, 5.41) is 3.28. The number of anilines is 1. The van der Waals surface area contributed by atoms with E-state index in [1.807, 2.05) is 0 Å². The molecular formula is C14H17N3O2S. The molecule has 106 valence electrons. The molecule has 1 atom stereocenters. The molecule has 0 aliphatic rings. The average Bonchev–Trinajstić information content (AvgIpc) is 2.77. The molecule has 2 rings (SSSR count). The molecule has 0 radical (unpaired) electrons. The van der Waals surface area contributed by atoms with Gasteiger partial charge < -0.3 is 10.1 Å². The SMILES string of the molecule is COC(=O)c1nccc(NC(C)c2cc(C)sc2C)n1. The van der Waals surface area contributed by atoms with Gasteiger partial charge in [0.2, 0.25) is 5.82 Å². The topological polar surface area (TPSA) is 64.1 Å². The van der Waals surface area contributed by atoms with Gasteiger partial charge in [0.1, 0.15) is 5.82 Å². The first-order valence-corrected chi connectivity index (χ1v) is 7.07. The summed E-state index contributed by atoms with van der Waals surface area (Å²) in [5.41, 5.74) is 1.24. The van der Waals surface area contributed by atoms with Crippen LogP contribution in [0.25, 0.3) is 0 Å². The zero-order chi connectivity index (χ0) is 14.7. The Hall–Kier alpha value is -1.95. The summed E-state index contributed by atoms with van der Waals surface area (Å²) in [6.45, 7) is 6.26. The van der Waals surface area contributed by atoms with Gasteiger partial charge in [-0.25, -0.2) is 14.8 Å². The summed E-state index contributed by atoms with van der Waals surface area (Å²) in [6, 6.07) is 4.01. The highest BCUT2D eigenvalue weighted by atomic mass is 32.1. The van der Waals surface area contributed by atoms with Crippen molar-refractivity contribution >= 4 is 23.1 Å². The van der Waals surface area contributed by atoms with Crippen LogP contribution in [0.4, 0.5) is 5.82 Å². The Labute approximate surface area is 122 Å². The standard InChI is InChI=1S/C14H17N3O2S/c1-8-7-11(10(3)20-8)9(2)16-12-5-6-15-13(17-12)14(18)19-4/h5-7,9H,1-4H3,(H,15,16,17). The molecule has 2 aromatic rings. The molecule has 1 N–H and O–H groups in total. The smallest absolute Gasteiger partial charge is 0.376 e. The molecule has 0 aromatic carbocycles. The molecule has 0 aliphatic heterocycles. The fourth-order valence-electron chi connectivity index (χ4n) is 2.01. The van der Waals surface area contributed by atoms with E-state index in [1.54, 1.807) is 23.6 Å². The van der Waals surface area contributed by atoms with E-state index in [0.29, 0.717) is 5.82 Å². The number of nitrogens with one attached hydrogen (secondary N) is 1. The number of hydrogen-bond donors (Lipinski definition) is 1. The van der Waals surface area contributed by atoms with Crippen molar-refractivity contribution in [3.8, 4) is 0 Å². The zero-order valence-electron chi connectivity index (χ0n) is 11.9. The van der Waals surface area contributed by atoms with E-state index in [-0.39, 0.29) is 11.9 Å². The van der Waals surface area contributed by atoms with Crippen LogP contribution in [0.2, 0.25) is 0 Å². The van der Waals surface area contributed by atoms with E-state index < -0.39 is 5.97 Å². The van der Waals surface area contributed by atoms with Crippen LogP contribution in [0.3, 0.4) is 0 Å². The van der Waals surface area contributed by atoms with Crippen LogP contribution in [-0.2, 0) is 4.74 Å². The van der Waals surface area contributed by atoms with Crippen LogP contribution in [-0.4, -0.2) is 23.0 Å². The minimum atomic E-state index is -0.538. The van der Waals surface area contributed by atoms with E-state index in [9.17, 15) is 4.79 Å². The van der Waals surface area contributed by atoms with Gasteiger partial charge >= 0.3 is 5.97 Å². The number of aromatic nitrogens is 2. The molecular weight excluding hydrogens is 274 g/mol. The summed E-state index contributed by atoms with van der Waals surface area (Å²) in [6.07, 6.45) is 1.54. The zero-order valence-corrected chi connectivity index (χ0v) is 12.7. The number of rotatable bonds is 4. The van der Waals surface area contributed by atoms with E-state index in [2.05, 4.69) is 46.9 Å². The van der Waals surface area contributed by atoms with Gasteiger partial charge in [-0.3, -0.25) is 0 Å². The molecule has 0 bridgehead atoms. The lowest BCUT2D eigenvalue weighted by molar-refractivity contribution is 0.0587. The summed E-state index contributed by atoms with van der Waals surface area (Å²) >= 11 is 1.77. The highest BCUT2D eigenvalue weighted by Gasteiger charge is 2.14. The number of thiophene rings is 1. The molecule has 0 spiro atoms. The summed E-state index contributed by atoms with van der Waals surface area (Å²) in [7, 11) is 1.31. The maximum absolute atomic E-state index is 11.4. The quantitative estimate of drug-likeness (QED) is 0.877. The predicted molar refractivity (Wildman–Crippen MR) is 79.2 cm³/mol. The van der Waals surface area contributed by atoms with Crippen molar-refractivity contribution in [3.05, 3.63) is 39.5 Å². The van der Waals surface area contributed by atoms with Crippen LogP contribution in [0.1, 0.15) is 38.9 Å². The van der Waals surface area contributed by atoms with Crippen molar-refractivity contribution in [2.24, 2.45) is 0 Å². The normalized spacial score (nSPS) is 12.0. The molecule has 0 aliphatic carbocycles. The van der Waals surface area contributed by atoms with Gasteiger partial charge in [0.05, 0.1) is 13.2 Å². The second kappa shape index (κ2) is 6.00. The highest BCUT2D eigenvalue weighted by molar-refractivity contribution is 7.12. The van der Waals surface area contributed by atoms with Gasteiger partial charge in [0.25, 0.3) is 0 Å². The fraction of sp³-hybridized carbons (Fsp3) is 0.357. The third kappa shape index (κ3) is 3.14. The first kappa shape index (κ1) is 14.5. The van der Waals surface area contributed by atoms with Crippen LogP contribution in [0, 0.1) is 13.8 Å². The van der Waals surface area contributed by atoms with Crippen molar-refractivity contribution in [2.45, 2.75) is 26.8 Å². The molecule has 1 unspecified atom stereocenters. The van der Waals surface area contributed by atoms with Crippen molar-refractivity contribution in [1.29, 1.82) is 0 Å². The molecule has 5 nitrogen and oxygen atoms in total. The number of carbonyl (C=O) groups is 1. The largest absolute Gasteiger partial charge is 0.463 e. The van der Waals surface area contributed by atoms with Crippen LogP contribution in [0.15, 0.2) is 18.3 Å². The number of hydrogen-bond acceptors (Lipinski definition) is 6. The molecule has 2 heterocycles. The van der Waals surface area contributed by atoms with Gasteiger partial charge in [0, 0.05) is 16.0 Å². The monoisotopic (exact) mass is 291 g/mol. The number of carbonyl (C=O) groups excluding carboxylic acids is 1. The van der Waals surface area contributed by atoms with E-state index in [1.165, 1.54) is 22.4 Å². The van der Waals surface area contributed by atoms with E-state index >= 15 is 0 Å². The van der Waals surface area contributed by atoms with Crippen molar-refractivity contribution in [2.75, 3.05) is 12.4 Å². The first-order valence-electron chi connectivity index (χ1n) is 6.26. The molecule has 20 heavy (non-hydrogen) atoms. The molecule has 0 saturated carbocycles. The summed E-state index contributed by atoms with van der Waals surface area (Å²) in [4.78, 5) is 22.0. The Balaban J connectivity index is 2.17. The number of methoxy groups -OCH3 is 1. The van der Waals surface area contributed by atoms with Gasteiger partial charge in [-0.05, 0) is 38.5 Å². The first-order chi connectivity index (χ1) is 9.51. The number of aryl methyl sites for hydroxylation is 2. The van der Waals surface area contributed by atoms with Gasteiger partial charge in [0.15, 0.2) is 0 Å². The number of esters is 1. The summed E-state index contributed by atoms with van der Waals surface area (Å²) < 4.78 is 4.61. The predicted octanol–water partition coefficient (Wildman–Crippen LogP) is 3.11. The molecule has 0 saturated heterocycles. The molecule has 6 heteroatoms. The van der Waals surface area contributed by atoms with Gasteiger partial charge in [-0.15, -0.1) is 11.3 Å². The lowest BCUT2D eigenvalue weighted by Gasteiger charge is -2.14. The molecule has 0 amide bonds. The Morgan fingerprint density at radius 3 is 2.80 bits per heavy atom. The molecule has 0 fully saturated rings. The lowest BCUT2D eigenvalue weighted by atomic mass is 10.1. The third-order valence-corrected chi connectivity index (χ3v) is 3.92. The Morgan fingerprint density at radius 1 is 1.45 bits per heavy atom. The van der Waals surface area contributed by atoms with Crippen molar-refractivity contribution in [3.63, 3.8) is 0 Å². The van der Waals surface area contributed by atoms with Crippen molar-refractivity contribution < 1.29 is 9.53 Å². The maximum atomic E-state index is 11.4. The summed E-state index contributed by atoms with van der Waals surface area (Å²) in [5.74, 6) is 0.128. The second-order valence-electron chi connectivity index (χ2n) is 4.49. The minimum Gasteiger partial charge on any atom is -0.463 e. The fourth-order valence-corrected chi connectivity index (χ4v) is 3.03. The second-order valence-corrected chi connectivity index (χ2v) is 5.95. The maximum Gasteiger partial charge on any atom is 0.376 e. The van der Waals surface area contributed by atoms with Gasteiger partial charge in [-0.1, -0.05) is 0 Å². The number of nitrogens with zero attached hydrogens (tertiary/aromatic N) is 2. The third-order valence-electron chi connectivity index (χ3n) is 2.93. The van der Waals surface area contributed by atoms with Crippen LogP contribution < -0.4 is 5.32 Å². The number of ether oxygens (including phenoxy) is 1. The van der Waals surface area contributed by atoms with Crippen LogP contribution >= 0.6 is 11.3 Å². The Kier molecular flexibility index (Phi) is 4.34. The minimum absolute atomic E-state index is 0.0583.